The summed E-state index contributed by atoms with van der Waals surface area (Å²) >= 11 is 1.26. The quantitative estimate of drug-likeness (QED) is 0.662. The lowest BCUT2D eigenvalue weighted by molar-refractivity contribution is -0.113. The fraction of sp³-hybridized carbons (Fsp3) is 0.238. The molecule has 2 aromatic heterocycles. The van der Waals surface area contributed by atoms with Crippen molar-refractivity contribution in [2.45, 2.75) is 32.7 Å². The number of rotatable bonds is 5. The lowest BCUT2D eigenvalue weighted by Gasteiger charge is -2.10. The molecule has 1 N–H and O–H groups in total. The van der Waals surface area contributed by atoms with Crippen molar-refractivity contribution in [1.82, 2.24) is 14.8 Å². The monoisotopic (exact) mass is 391 g/mol. The second kappa shape index (κ2) is 8.28. The van der Waals surface area contributed by atoms with E-state index in [1.165, 1.54) is 11.8 Å². The van der Waals surface area contributed by atoms with Gasteiger partial charge in [-0.25, -0.2) is 9.67 Å². The van der Waals surface area contributed by atoms with Gasteiger partial charge in [0.15, 0.2) is 0 Å². The van der Waals surface area contributed by atoms with E-state index in [0.29, 0.717) is 16.4 Å². The van der Waals surface area contributed by atoms with E-state index in [1.54, 1.807) is 4.68 Å². The highest BCUT2D eigenvalue weighted by molar-refractivity contribution is 8.00. The highest BCUT2D eigenvalue weighted by Crippen LogP contribution is 2.24. The first-order chi connectivity index (χ1) is 13.4. The number of nitriles is 1. The van der Waals surface area contributed by atoms with E-state index in [-0.39, 0.29) is 11.7 Å². The number of aryl methyl sites for hydroxylation is 4. The number of hydrogen-bond donors (Lipinski definition) is 1. The van der Waals surface area contributed by atoms with Crippen LogP contribution in [0, 0.1) is 39.0 Å². The Morgan fingerprint density at radius 1 is 1.14 bits per heavy atom. The number of carbonyl (C=O) groups excluding carboxylic acids is 1. The van der Waals surface area contributed by atoms with Gasteiger partial charge in [-0.2, -0.15) is 10.4 Å². The van der Waals surface area contributed by atoms with Crippen LogP contribution in [0.2, 0.25) is 0 Å². The van der Waals surface area contributed by atoms with Gasteiger partial charge in [0.05, 0.1) is 22.7 Å². The van der Waals surface area contributed by atoms with Crippen LogP contribution in [0.15, 0.2) is 41.4 Å². The van der Waals surface area contributed by atoms with Crippen molar-refractivity contribution in [3.63, 3.8) is 0 Å². The van der Waals surface area contributed by atoms with Gasteiger partial charge in [-0.3, -0.25) is 4.79 Å². The first kappa shape index (κ1) is 19.6. The van der Waals surface area contributed by atoms with E-state index >= 15 is 0 Å². The molecular formula is C21H21N5OS. The molecule has 6 nitrogen and oxygen atoms in total. The number of anilines is 1. The first-order valence-electron chi connectivity index (χ1n) is 8.82. The summed E-state index contributed by atoms with van der Waals surface area (Å²) in [5.74, 6) is 0.590. The number of nitrogens with zero attached hydrogens (tertiary/aromatic N) is 4. The predicted molar refractivity (Wildman–Crippen MR) is 111 cm³/mol. The molecule has 0 radical (unpaired) electrons. The minimum Gasteiger partial charge on any atom is -0.310 e. The second-order valence-electron chi connectivity index (χ2n) is 6.63. The van der Waals surface area contributed by atoms with Crippen LogP contribution in [0.25, 0.3) is 5.69 Å². The first-order valence-corrected chi connectivity index (χ1v) is 9.80. The summed E-state index contributed by atoms with van der Waals surface area (Å²) < 4.78 is 1.72. The number of nitrogens with one attached hydrogen (secondary N) is 1. The normalized spacial score (nSPS) is 10.5. The molecule has 0 spiro atoms. The zero-order chi connectivity index (χ0) is 20.3. The van der Waals surface area contributed by atoms with Gasteiger partial charge in [0, 0.05) is 11.8 Å². The van der Waals surface area contributed by atoms with Crippen molar-refractivity contribution in [3.05, 3.63) is 64.5 Å². The SMILES string of the molecule is Cc1ccc(-n2nc(C)cc2NC(=O)CSc2nc(C)cc(C)c2C#N)cc1. The fourth-order valence-corrected chi connectivity index (χ4v) is 3.73. The molecule has 0 aliphatic heterocycles. The zero-order valence-corrected chi connectivity index (χ0v) is 17.1. The fourth-order valence-electron chi connectivity index (χ4n) is 2.83. The van der Waals surface area contributed by atoms with Crippen LogP contribution in [0.4, 0.5) is 5.82 Å². The Balaban J connectivity index is 1.75. The molecule has 0 fully saturated rings. The van der Waals surface area contributed by atoms with Crippen LogP contribution in [-0.2, 0) is 4.79 Å². The van der Waals surface area contributed by atoms with Gasteiger partial charge in [-0.15, -0.1) is 0 Å². The van der Waals surface area contributed by atoms with Crippen molar-refractivity contribution in [3.8, 4) is 11.8 Å². The summed E-state index contributed by atoms with van der Waals surface area (Å²) in [5.41, 5.74) is 5.06. The Labute approximate surface area is 168 Å². The van der Waals surface area contributed by atoms with Crippen molar-refractivity contribution in [2.75, 3.05) is 11.1 Å². The Bertz CT molecular complexity index is 1060. The van der Waals surface area contributed by atoms with Crippen LogP contribution in [0.3, 0.4) is 0 Å². The summed E-state index contributed by atoms with van der Waals surface area (Å²) in [5, 5.41) is 17.3. The zero-order valence-electron chi connectivity index (χ0n) is 16.3. The number of carbonyl (C=O) groups is 1. The average molecular weight is 392 g/mol. The molecule has 2 heterocycles. The van der Waals surface area contributed by atoms with Gasteiger partial charge < -0.3 is 5.32 Å². The van der Waals surface area contributed by atoms with Crippen LogP contribution in [-0.4, -0.2) is 26.4 Å². The topological polar surface area (TPSA) is 83.6 Å². The molecule has 0 bridgehead atoms. The van der Waals surface area contributed by atoms with Gasteiger partial charge in [0.25, 0.3) is 0 Å². The number of pyridine rings is 1. The van der Waals surface area contributed by atoms with Crippen molar-refractivity contribution >= 4 is 23.5 Å². The summed E-state index contributed by atoms with van der Waals surface area (Å²) in [4.78, 5) is 16.9. The molecule has 3 rings (SSSR count). The van der Waals surface area contributed by atoms with Gasteiger partial charge in [0.2, 0.25) is 5.91 Å². The number of amides is 1. The maximum Gasteiger partial charge on any atom is 0.235 e. The van der Waals surface area contributed by atoms with Crippen molar-refractivity contribution in [1.29, 1.82) is 5.26 Å². The van der Waals surface area contributed by atoms with Crippen molar-refractivity contribution < 1.29 is 4.79 Å². The highest BCUT2D eigenvalue weighted by atomic mass is 32.2. The predicted octanol–water partition coefficient (Wildman–Crippen LogP) is 4.10. The minimum atomic E-state index is -0.178. The molecule has 0 saturated carbocycles. The molecule has 0 atom stereocenters. The summed E-state index contributed by atoms with van der Waals surface area (Å²) in [6.07, 6.45) is 0. The molecule has 0 saturated heterocycles. The van der Waals surface area contributed by atoms with Crippen LogP contribution >= 0.6 is 11.8 Å². The number of thioether (sulfide) groups is 1. The van der Waals surface area contributed by atoms with E-state index in [1.807, 2.05) is 64.1 Å². The molecule has 0 unspecified atom stereocenters. The van der Waals surface area contributed by atoms with E-state index in [2.05, 4.69) is 21.5 Å². The maximum atomic E-state index is 12.5. The molecular weight excluding hydrogens is 370 g/mol. The Kier molecular flexibility index (Phi) is 5.81. The molecule has 142 valence electrons. The standard InChI is InChI=1S/C21H21N5OS/c1-13-5-7-17(8-6-13)26-19(10-16(4)25-26)24-20(27)12-28-21-18(11-22)14(2)9-15(3)23-21/h5-10H,12H2,1-4H3,(H,24,27). The maximum absolute atomic E-state index is 12.5. The Hall–Kier alpha value is -3.11. The molecule has 1 amide bonds. The lowest BCUT2D eigenvalue weighted by Crippen LogP contribution is -2.17. The lowest BCUT2D eigenvalue weighted by atomic mass is 10.1. The molecule has 0 aliphatic carbocycles. The van der Waals surface area contributed by atoms with E-state index in [0.717, 1.165) is 28.2 Å². The molecule has 7 heteroatoms. The molecule has 28 heavy (non-hydrogen) atoms. The average Bonchev–Trinajstić information content (AvgIpc) is 3.00. The smallest absolute Gasteiger partial charge is 0.235 e. The largest absolute Gasteiger partial charge is 0.310 e. The Morgan fingerprint density at radius 3 is 2.54 bits per heavy atom. The molecule has 1 aromatic carbocycles. The third kappa shape index (κ3) is 4.41. The van der Waals surface area contributed by atoms with Crippen LogP contribution in [0.5, 0.6) is 0 Å². The van der Waals surface area contributed by atoms with Crippen LogP contribution in [0.1, 0.15) is 28.1 Å². The van der Waals surface area contributed by atoms with E-state index < -0.39 is 0 Å². The van der Waals surface area contributed by atoms with E-state index in [4.69, 9.17) is 0 Å². The third-order valence-corrected chi connectivity index (χ3v) is 5.12. The number of benzene rings is 1. The van der Waals surface area contributed by atoms with Crippen molar-refractivity contribution in [2.24, 2.45) is 0 Å². The molecule has 0 aliphatic rings. The van der Waals surface area contributed by atoms with Gasteiger partial charge in [-0.1, -0.05) is 29.5 Å². The molecule has 3 aromatic rings. The summed E-state index contributed by atoms with van der Waals surface area (Å²) in [6, 6.07) is 13.8. The summed E-state index contributed by atoms with van der Waals surface area (Å²) in [7, 11) is 0. The third-order valence-electron chi connectivity index (χ3n) is 4.14. The highest BCUT2D eigenvalue weighted by Gasteiger charge is 2.14. The van der Waals surface area contributed by atoms with Crippen LogP contribution < -0.4 is 5.32 Å². The van der Waals surface area contributed by atoms with Gasteiger partial charge >= 0.3 is 0 Å². The van der Waals surface area contributed by atoms with E-state index in [9.17, 15) is 10.1 Å². The minimum absolute atomic E-state index is 0.155. The second-order valence-corrected chi connectivity index (χ2v) is 7.59. The number of hydrogen-bond acceptors (Lipinski definition) is 5. The van der Waals surface area contributed by atoms with Gasteiger partial charge in [0.1, 0.15) is 16.9 Å². The summed E-state index contributed by atoms with van der Waals surface area (Å²) in [6.45, 7) is 7.66. The van der Waals surface area contributed by atoms with Gasteiger partial charge in [-0.05, 0) is 51.5 Å². The number of aromatic nitrogens is 3. The Morgan fingerprint density at radius 2 is 1.86 bits per heavy atom.